The van der Waals surface area contributed by atoms with Gasteiger partial charge in [0, 0.05) is 7.14 Å². The van der Waals surface area contributed by atoms with E-state index >= 15 is 0 Å². The van der Waals surface area contributed by atoms with Gasteiger partial charge in [-0.2, -0.15) is 0 Å². The summed E-state index contributed by atoms with van der Waals surface area (Å²) in [5.41, 5.74) is 10.7. The van der Waals surface area contributed by atoms with E-state index in [4.69, 9.17) is 0 Å². The normalized spacial score (nSPS) is 13.9. The van der Waals surface area contributed by atoms with E-state index in [0.29, 0.717) is 11.8 Å². The lowest BCUT2D eigenvalue weighted by Crippen LogP contribution is -2.29. The molecule has 0 atom stereocenters. The number of benzene rings is 4. The Labute approximate surface area is 225 Å². The van der Waals surface area contributed by atoms with Crippen molar-refractivity contribution in [1.29, 1.82) is 0 Å². The van der Waals surface area contributed by atoms with Gasteiger partial charge in [-0.15, -0.1) is 0 Å². The Bertz CT molecular complexity index is 1240. The molecule has 0 unspecified atom stereocenters. The smallest absolute Gasteiger partial charge is 0.0619 e. The van der Waals surface area contributed by atoms with Crippen molar-refractivity contribution < 1.29 is 0 Å². The van der Waals surface area contributed by atoms with Crippen LogP contribution in [0.2, 0.25) is 0 Å². The van der Waals surface area contributed by atoms with Crippen LogP contribution in [0.25, 0.3) is 11.1 Å². The van der Waals surface area contributed by atoms with Crippen molar-refractivity contribution in [3.63, 3.8) is 0 Å². The summed E-state index contributed by atoms with van der Waals surface area (Å²) in [7, 11) is 0. The Balaban J connectivity index is 1.94. The predicted octanol–water partition coefficient (Wildman–Crippen LogP) is 9.51. The Morgan fingerprint density at radius 3 is 1.33 bits per heavy atom. The van der Waals surface area contributed by atoms with Gasteiger partial charge in [-0.1, -0.05) is 100 Å². The van der Waals surface area contributed by atoms with Crippen molar-refractivity contribution in [2.75, 3.05) is 0 Å². The second-order valence-electron chi connectivity index (χ2n) is 9.62. The maximum atomic E-state index is 2.49. The summed E-state index contributed by atoms with van der Waals surface area (Å²) in [6.45, 7) is 9.19. The summed E-state index contributed by atoms with van der Waals surface area (Å²) in [6, 6.07) is 32.3. The highest BCUT2D eigenvalue weighted by Crippen LogP contribution is 2.56. The van der Waals surface area contributed by atoms with E-state index in [1.807, 2.05) is 0 Å². The van der Waals surface area contributed by atoms with Gasteiger partial charge in [0.15, 0.2) is 0 Å². The molecule has 0 aromatic heterocycles. The van der Waals surface area contributed by atoms with E-state index in [-0.39, 0.29) is 5.41 Å². The summed E-state index contributed by atoms with van der Waals surface area (Å²) in [5.74, 6) is 0.951. The molecular weight excluding hydrogens is 626 g/mol. The molecule has 166 valence electrons. The maximum absolute atomic E-state index is 2.49. The monoisotopic (exact) mass is 654 g/mol. The van der Waals surface area contributed by atoms with Crippen LogP contribution in [-0.4, -0.2) is 0 Å². The van der Waals surface area contributed by atoms with Crippen molar-refractivity contribution in [3.8, 4) is 11.1 Å². The average molecular weight is 654 g/mol. The van der Waals surface area contributed by atoms with E-state index in [2.05, 4.69) is 158 Å². The molecule has 5 rings (SSSR count). The molecule has 4 aromatic carbocycles. The van der Waals surface area contributed by atoms with Crippen molar-refractivity contribution in [2.45, 2.75) is 44.9 Å². The van der Waals surface area contributed by atoms with Crippen LogP contribution in [-0.2, 0) is 5.41 Å². The third-order valence-corrected chi connectivity index (χ3v) is 9.02. The SMILES string of the molecule is CC(C)c1cc(C2(c3ccc(I)c(C(C)C)c3)c3ccccc3-c3ccccc32)ccc1I. The van der Waals surface area contributed by atoms with Crippen LogP contribution in [0.3, 0.4) is 0 Å². The molecule has 0 aliphatic heterocycles. The fraction of sp³-hybridized carbons (Fsp3) is 0.226. The van der Waals surface area contributed by atoms with E-state index in [1.54, 1.807) is 0 Å². The first-order chi connectivity index (χ1) is 15.9. The van der Waals surface area contributed by atoms with Crippen molar-refractivity contribution >= 4 is 45.2 Å². The van der Waals surface area contributed by atoms with Crippen LogP contribution in [0.15, 0.2) is 84.9 Å². The van der Waals surface area contributed by atoms with Crippen LogP contribution < -0.4 is 0 Å². The lowest BCUT2D eigenvalue weighted by atomic mass is 9.67. The van der Waals surface area contributed by atoms with E-state index in [0.717, 1.165) is 0 Å². The molecule has 1 aliphatic rings. The van der Waals surface area contributed by atoms with Crippen LogP contribution in [0, 0.1) is 7.14 Å². The van der Waals surface area contributed by atoms with E-state index in [1.165, 1.54) is 51.6 Å². The molecule has 0 spiro atoms. The standard InChI is InChI=1S/C31H28I2/c1-19(2)25-17-21(13-15-29(25)32)31(22-14-16-30(33)26(18-22)20(3)4)27-11-7-5-9-23(27)24-10-6-8-12-28(24)31/h5-20H,1-4H3. The van der Waals surface area contributed by atoms with Gasteiger partial charge < -0.3 is 0 Å². The second kappa shape index (κ2) is 8.84. The number of fused-ring (bicyclic) bond motifs is 3. The van der Waals surface area contributed by atoms with Gasteiger partial charge in [-0.25, -0.2) is 0 Å². The molecule has 0 nitrogen and oxygen atoms in total. The largest absolute Gasteiger partial charge is 0.0713 e. The van der Waals surface area contributed by atoms with Gasteiger partial charge in [0.05, 0.1) is 5.41 Å². The predicted molar refractivity (Wildman–Crippen MR) is 157 cm³/mol. The summed E-state index contributed by atoms with van der Waals surface area (Å²) in [4.78, 5) is 0. The highest BCUT2D eigenvalue weighted by molar-refractivity contribution is 14.1. The zero-order chi connectivity index (χ0) is 23.3. The first kappa shape index (κ1) is 23.1. The van der Waals surface area contributed by atoms with Gasteiger partial charge in [0.25, 0.3) is 0 Å². The lowest BCUT2D eigenvalue weighted by Gasteiger charge is -2.35. The number of hydrogen-bond donors (Lipinski definition) is 0. The van der Waals surface area contributed by atoms with Crippen LogP contribution in [0.5, 0.6) is 0 Å². The van der Waals surface area contributed by atoms with Crippen LogP contribution >= 0.6 is 45.2 Å². The molecule has 0 saturated heterocycles. The highest BCUT2D eigenvalue weighted by Gasteiger charge is 2.46. The zero-order valence-corrected chi connectivity index (χ0v) is 23.8. The Kier molecular flexibility index (Phi) is 6.19. The topological polar surface area (TPSA) is 0 Å². The molecular formula is C31H28I2. The first-order valence-electron chi connectivity index (χ1n) is 11.6. The molecule has 0 radical (unpaired) electrons. The molecule has 0 amide bonds. The number of halogens is 2. The fourth-order valence-electron chi connectivity index (χ4n) is 5.46. The Hall–Kier alpha value is -1.66. The van der Waals surface area contributed by atoms with Gasteiger partial charge >= 0.3 is 0 Å². The third kappa shape index (κ3) is 3.59. The molecule has 0 bridgehead atoms. The minimum Gasteiger partial charge on any atom is -0.0619 e. The highest BCUT2D eigenvalue weighted by atomic mass is 127. The minimum atomic E-state index is -0.324. The van der Waals surface area contributed by atoms with Crippen LogP contribution in [0.1, 0.15) is 72.9 Å². The van der Waals surface area contributed by atoms with Gasteiger partial charge in [0.2, 0.25) is 0 Å². The maximum Gasteiger partial charge on any atom is 0.0713 e. The molecule has 0 heterocycles. The molecule has 1 aliphatic carbocycles. The van der Waals surface area contributed by atoms with Gasteiger partial charge in [-0.05, 0) is 114 Å². The number of rotatable bonds is 4. The summed E-state index contributed by atoms with van der Waals surface area (Å²) in [5, 5.41) is 0. The first-order valence-corrected chi connectivity index (χ1v) is 13.8. The average Bonchev–Trinajstić information content (AvgIpc) is 3.11. The molecule has 0 fully saturated rings. The van der Waals surface area contributed by atoms with Gasteiger partial charge in [0.1, 0.15) is 0 Å². The van der Waals surface area contributed by atoms with Gasteiger partial charge in [-0.3, -0.25) is 0 Å². The van der Waals surface area contributed by atoms with E-state index < -0.39 is 0 Å². The van der Waals surface area contributed by atoms with Crippen LogP contribution in [0.4, 0.5) is 0 Å². The summed E-state index contributed by atoms with van der Waals surface area (Å²) in [6.07, 6.45) is 0. The quantitative estimate of drug-likeness (QED) is 0.170. The van der Waals surface area contributed by atoms with Crippen molar-refractivity contribution in [3.05, 3.63) is 125 Å². The van der Waals surface area contributed by atoms with Crippen molar-refractivity contribution in [2.24, 2.45) is 0 Å². The lowest BCUT2D eigenvalue weighted by molar-refractivity contribution is 0.751. The Morgan fingerprint density at radius 2 is 0.939 bits per heavy atom. The zero-order valence-electron chi connectivity index (χ0n) is 19.5. The fourth-order valence-corrected chi connectivity index (χ4v) is 7.38. The molecule has 0 N–H and O–H groups in total. The molecule has 4 aromatic rings. The van der Waals surface area contributed by atoms with E-state index in [9.17, 15) is 0 Å². The molecule has 2 heteroatoms. The summed E-state index contributed by atoms with van der Waals surface area (Å²) >= 11 is 4.98. The van der Waals surface area contributed by atoms with Crippen molar-refractivity contribution in [1.82, 2.24) is 0 Å². The second-order valence-corrected chi connectivity index (χ2v) is 11.9. The Morgan fingerprint density at radius 1 is 0.545 bits per heavy atom. The third-order valence-electron chi connectivity index (χ3n) is 7.05. The summed E-state index contributed by atoms with van der Waals surface area (Å²) < 4.78 is 2.68. The molecule has 0 saturated carbocycles. The number of hydrogen-bond acceptors (Lipinski definition) is 0. The molecule has 33 heavy (non-hydrogen) atoms. The minimum absolute atomic E-state index is 0.324.